The number of hydrogen-bond acceptors (Lipinski definition) is 3. The first-order valence-corrected chi connectivity index (χ1v) is 8.66. The van der Waals surface area contributed by atoms with Crippen LogP contribution >= 0.6 is 0 Å². The van der Waals surface area contributed by atoms with Gasteiger partial charge >= 0.3 is 0 Å². The molecule has 0 saturated carbocycles. The van der Waals surface area contributed by atoms with Crippen molar-refractivity contribution in [2.45, 2.75) is 38.5 Å². The third-order valence-corrected chi connectivity index (χ3v) is 4.87. The molecule has 5 heteroatoms. The van der Waals surface area contributed by atoms with Crippen molar-refractivity contribution in [2.75, 3.05) is 0 Å². The number of carbonyl (C=O) groups excluding carboxylic acids is 1. The number of aromatic nitrogens is 2. The fraction of sp³-hybridized carbons (Fsp3) is 0.300. The van der Waals surface area contributed by atoms with E-state index in [0.29, 0.717) is 6.42 Å². The summed E-state index contributed by atoms with van der Waals surface area (Å²) in [4.78, 5) is 17.3. The highest BCUT2D eigenvalue weighted by atomic mass is 16.3. The van der Waals surface area contributed by atoms with Gasteiger partial charge in [-0.1, -0.05) is 43.3 Å². The third kappa shape index (κ3) is 2.81. The first kappa shape index (κ1) is 15.8. The maximum atomic E-state index is 12.7. The van der Waals surface area contributed by atoms with Gasteiger partial charge in [-0.15, -0.1) is 0 Å². The Kier molecular flexibility index (Phi) is 4.01. The summed E-state index contributed by atoms with van der Waals surface area (Å²) in [5, 5.41) is 13.3. The van der Waals surface area contributed by atoms with E-state index in [0.717, 1.165) is 34.4 Å². The highest BCUT2D eigenvalue weighted by Crippen LogP contribution is 2.31. The molecule has 0 fully saturated rings. The van der Waals surface area contributed by atoms with Crippen LogP contribution in [0.25, 0.3) is 11.0 Å². The van der Waals surface area contributed by atoms with Gasteiger partial charge in [0.1, 0.15) is 12.4 Å². The zero-order valence-corrected chi connectivity index (χ0v) is 14.1. The van der Waals surface area contributed by atoms with E-state index in [1.807, 2.05) is 60.0 Å². The SMILES string of the molecule is CCc1nc2ccccc2n1CC(=O)NC1c2ccccc2CC1O. The highest BCUT2D eigenvalue weighted by Gasteiger charge is 2.31. The predicted molar refractivity (Wildman–Crippen MR) is 96.1 cm³/mol. The van der Waals surface area contributed by atoms with E-state index in [2.05, 4.69) is 10.3 Å². The van der Waals surface area contributed by atoms with Gasteiger partial charge in [-0.05, 0) is 23.3 Å². The summed E-state index contributed by atoms with van der Waals surface area (Å²) in [5.74, 6) is 0.780. The van der Waals surface area contributed by atoms with E-state index in [1.54, 1.807) is 0 Å². The summed E-state index contributed by atoms with van der Waals surface area (Å²) in [6, 6.07) is 15.4. The first-order valence-electron chi connectivity index (χ1n) is 8.66. The van der Waals surface area contributed by atoms with E-state index in [9.17, 15) is 9.90 Å². The number of fused-ring (bicyclic) bond motifs is 2. The number of benzene rings is 2. The van der Waals surface area contributed by atoms with Gasteiger partial charge in [0, 0.05) is 12.8 Å². The van der Waals surface area contributed by atoms with Crippen LogP contribution in [0.4, 0.5) is 0 Å². The number of aryl methyl sites for hydroxylation is 1. The third-order valence-electron chi connectivity index (χ3n) is 4.87. The number of aliphatic hydroxyl groups is 1. The zero-order chi connectivity index (χ0) is 17.4. The molecule has 1 heterocycles. The molecule has 2 unspecified atom stereocenters. The Balaban J connectivity index is 1.57. The Morgan fingerprint density at radius 2 is 2.00 bits per heavy atom. The van der Waals surface area contributed by atoms with Gasteiger partial charge in [0.05, 0.1) is 23.2 Å². The van der Waals surface area contributed by atoms with Gasteiger partial charge in [0.2, 0.25) is 5.91 Å². The Labute approximate surface area is 146 Å². The minimum absolute atomic E-state index is 0.112. The molecular formula is C20H21N3O2. The lowest BCUT2D eigenvalue weighted by molar-refractivity contribution is -0.123. The minimum atomic E-state index is -0.577. The van der Waals surface area contributed by atoms with E-state index in [1.165, 1.54) is 0 Å². The van der Waals surface area contributed by atoms with Crippen molar-refractivity contribution in [3.05, 3.63) is 65.5 Å². The van der Waals surface area contributed by atoms with Crippen LogP contribution in [0.15, 0.2) is 48.5 Å². The van der Waals surface area contributed by atoms with Crippen LogP contribution < -0.4 is 5.32 Å². The van der Waals surface area contributed by atoms with Gasteiger partial charge in [-0.2, -0.15) is 0 Å². The van der Waals surface area contributed by atoms with Crippen LogP contribution in [0.2, 0.25) is 0 Å². The molecule has 1 amide bonds. The lowest BCUT2D eigenvalue weighted by Crippen LogP contribution is -2.36. The lowest BCUT2D eigenvalue weighted by Gasteiger charge is -2.18. The maximum absolute atomic E-state index is 12.7. The Morgan fingerprint density at radius 3 is 2.84 bits per heavy atom. The molecule has 3 aromatic rings. The van der Waals surface area contributed by atoms with Crippen molar-refractivity contribution in [1.82, 2.24) is 14.9 Å². The molecule has 0 bridgehead atoms. The monoisotopic (exact) mass is 335 g/mol. The summed E-state index contributed by atoms with van der Waals surface area (Å²) >= 11 is 0. The van der Waals surface area contributed by atoms with E-state index < -0.39 is 6.10 Å². The second-order valence-corrected chi connectivity index (χ2v) is 6.47. The molecule has 25 heavy (non-hydrogen) atoms. The number of hydrogen-bond donors (Lipinski definition) is 2. The van der Waals surface area contributed by atoms with Crippen LogP contribution in [0.5, 0.6) is 0 Å². The lowest BCUT2D eigenvalue weighted by atomic mass is 10.1. The predicted octanol–water partition coefficient (Wildman–Crippen LogP) is 2.37. The number of para-hydroxylation sites is 2. The summed E-state index contributed by atoms with van der Waals surface area (Å²) in [5.41, 5.74) is 3.97. The normalized spacial score (nSPS) is 19.1. The molecule has 128 valence electrons. The maximum Gasteiger partial charge on any atom is 0.240 e. The van der Waals surface area contributed by atoms with Crippen LogP contribution in [0.1, 0.15) is 29.9 Å². The molecule has 5 nitrogen and oxygen atoms in total. The van der Waals surface area contributed by atoms with Gasteiger partial charge in [0.25, 0.3) is 0 Å². The molecule has 4 rings (SSSR count). The number of imidazole rings is 1. The Hall–Kier alpha value is -2.66. The number of amides is 1. The van der Waals surface area contributed by atoms with Crippen molar-refractivity contribution < 1.29 is 9.90 Å². The Morgan fingerprint density at radius 1 is 1.24 bits per heavy atom. The topological polar surface area (TPSA) is 67.2 Å². The summed E-state index contributed by atoms with van der Waals surface area (Å²) < 4.78 is 1.96. The Bertz CT molecular complexity index is 932. The van der Waals surface area contributed by atoms with Gasteiger partial charge in [0.15, 0.2) is 0 Å². The number of carbonyl (C=O) groups is 1. The molecule has 2 aromatic carbocycles. The molecule has 2 N–H and O–H groups in total. The van der Waals surface area contributed by atoms with E-state index >= 15 is 0 Å². The standard InChI is InChI=1S/C20H21N3O2/c1-2-18-21-15-9-5-6-10-16(15)23(18)12-19(25)22-20-14-8-4-3-7-13(14)11-17(20)24/h3-10,17,20,24H,2,11-12H2,1H3,(H,22,25). The summed E-state index contributed by atoms with van der Waals surface area (Å²) in [7, 11) is 0. The largest absolute Gasteiger partial charge is 0.390 e. The summed E-state index contributed by atoms with van der Waals surface area (Å²) in [6.07, 6.45) is 0.762. The highest BCUT2D eigenvalue weighted by molar-refractivity contribution is 5.81. The number of nitrogens with zero attached hydrogens (tertiary/aromatic N) is 2. The zero-order valence-electron chi connectivity index (χ0n) is 14.1. The van der Waals surface area contributed by atoms with Gasteiger partial charge in [-0.3, -0.25) is 4.79 Å². The van der Waals surface area contributed by atoms with Crippen molar-refractivity contribution in [3.8, 4) is 0 Å². The first-order chi connectivity index (χ1) is 12.2. The molecule has 1 aliphatic rings. The minimum Gasteiger partial charge on any atom is -0.390 e. The quantitative estimate of drug-likeness (QED) is 0.769. The molecule has 0 aliphatic heterocycles. The molecule has 0 radical (unpaired) electrons. The van der Waals surface area contributed by atoms with Crippen molar-refractivity contribution in [2.24, 2.45) is 0 Å². The number of rotatable bonds is 4. The fourth-order valence-electron chi connectivity index (χ4n) is 3.68. The summed E-state index contributed by atoms with van der Waals surface area (Å²) in [6.45, 7) is 2.24. The van der Waals surface area contributed by atoms with Gasteiger partial charge < -0.3 is 15.0 Å². The second kappa shape index (κ2) is 6.33. The number of nitrogens with one attached hydrogen (secondary N) is 1. The van der Waals surface area contributed by atoms with Crippen molar-refractivity contribution >= 4 is 16.9 Å². The molecule has 0 spiro atoms. The molecular weight excluding hydrogens is 314 g/mol. The van der Waals surface area contributed by atoms with Crippen LogP contribution in [0.3, 0.4) is 0 Å². The molecule has 1 aromatic heterocycles. The van der Waals surface area contributed by atoms with Crippen LogP contribution in [0, 0.1) is 0 Å². The molecule has 2 atom stereocenters. The average molecular weight is 335 g/mol. The van der Waals surface area contributed by atoms with Crippen molar-refractivity contribution in [1.29, 1.82) is 0 Å². The van der Waals surface area contributed by atoms with Crippen LogP contribution in [-0.2, 0) is 24.2 Å². The fourth-order valence-corrected chi connectivity index (χ4v) is 3.68. The van der Waals surface area contributed by atoms with Gasteiger partial charge in [-0.25, -0.2) is 4.98 Å². The molecule has 0 saturated heterocycles. The van der Waals surface area contributed by atoms with Crippen LogP contribution in [-0.4, -0.2) is 26.7 Å². The second-order valence-electron chi connectivity index (χ2n) is 6.47. The number of aliphatic hydroxyl groups excluding tert-OH is 1. The van der Waals surface area contributed by atoms with E-state index in [-0.39, 0.29) is 18.5 Å². The average Bonchev–Trinajstić information content (AvgIpc) is 3.13. The smallest absolute Gasteiger partial charge is 0.240 e. The van der Waals surface area contributed by atoms with Crippen molar-refractivity contribution in [3.63, 3.8) is 0 Å². The van der Waals surface area contributed by atoms with E-state index in [4.69, 9.17) is 0 Å². The molecule has 1 aliphatic carbocycles.